The van der Waals surface area contributed by atoms with Crippen LogP contribution in [-0.2, 0) is 27.4 Å². The van der Waals surface area contributed by atoms with Gasteiger partial charge in [0.25, 0.3) is 0 Å². The molecule has 0 N–H and O–H groups in total. The van der Waals surface area contributed by atoms with Crippen molar-refractivity contribution < 1.29 is 40.3 Å². The third-order valence-corrected chi connectivity index (χ3v) is 7.61. The lowest BCUT2D eigenvalue weighted by Gasteiger charge is -2.32. The Kier molecular flexibility index (Phi) is 8.24. The lowest BCUT2D eigenvalue weighted by molar-refractivity contribution is -0.143. The van der Waals surface area contributed by atoms with Gasteiger partial charge in [-0.25, -0.2) is 9.37 Å². The van der Waals surface area contributed by atoms with Crippen molar-refractivity contribution in [2.24, 2.45) is 0 Å². The van der Waals surface area contributed by atoms with Crippen molar-refractivity contribution in [1.29, 1.82) is 0 Å². The topological polar surface area (TPSA) is 56.8 Å². The van der Waals surface area contributed by atoms with Crippen LogP contribution in [-0.4, -0.2) is 48.5 Å². The highest BCUT2D eigenvalue weighted by atomic mass is 19.4. The summed E-state index contributed by atoms with van der Waals surface area (Å²) >= 11 is 0. The number of hydrogen-bond acceptors (Lipinski definition) is 4. The van der Waals surface area contributed by atoms with Crippen LogP contribution in [0.15, 0.2) is 48.7 Å². The van der Waals surface area contributed by atoms with Gasteiger partial charge in [0.15, 0.2) is 0 Å². The van der Waals surface area contributed by atoms with Gasteiger partial charge < -0.3 is 14.7 Å². The number of hydrogen-bond donors (Lipinski definition) is 0. The van der Waals surface area contributed by atoms with E-state index in [1.165, 1.54) is 52.2 Å². The molecule has 2 amide bonds. The smallest absolute Gasteiger partial charge is 0.337 e. The molecule has 230 valence electrons. The molecule has 1 fully saturated rings. The number of anilines is 2. The van der Waals surface area contributed by atoms with Crippen molar-refractivity contribution in [2.45, 2.75) is 45.5 Å². The van der Waals surface area contributed by atoms with Crippen molar-refractivity contribution in [3.63, 3.8) is 0 Å². The molecule has 0 atom stereocenters. The van der Waals surface area contributed by atoms with E-state index in [0.717, 1.165) is 4.90 Å². The number of benzene rings is 2. The average Bonchev–Trinajstić information content (AvgIpc) is 3.42. The highest BCUT2D eigenvalue weighted by Crippen LogP contribution is 2.41. The summed E-state index contributed by atoms with van der Waals surface area (Å²) in [6.45, 7) is 6.79. The fraction of sp³-hybridized carbons (Fsp3) is 0.367. The van der Waals surface area contributed by atoms with Gasteiger partial charge in [-0.1, -0.05) is 6.07 Å². The largest absolute Gasteiger partial charge is 0.416 e. The Balaban J connectivity index is 1.81. The minimum atomic E-state index is -5.08. The third-order valence-electron chi connectivity index (χ3n) is 7.61. The molecule has 0 unspecified atom stereocenters. The maximum absolute atomic E-state index is 14.0. The molecule has 2 aromatic carbocycles. The maximum atomic E-state index is 14.0. The second kappa shape index (κ2) is 11.2. The first-order valence-electron chi connectivity index (χ1n) is 13.2. The number of carbonyl (C=O) groups excluding carboxylic acids is 2. The van der Waals surface area contributed by atoms with Crippen LogP contribution in [0.2, 0.25) is 0 Å². The van der Waals surface area contributed by atoms with Crippen molar-refractivity contribution >= 4 is 23.3 Å². The molecule has 1 aliphatic heterocycles. The summed E-state index contributed by atoms with van der Waals surface area (Å²) in [5.74, 6) is -0.965. The number of pyridine rings is 1. The Hall–Kier alpha value is -4.16. The van der Waals surface area contributed by atoms with Gasteiger partial charge in [0.2, 0.25) is 11.8 Å². The van der Waals surface area contributed by atoms with Gasteiger partial charge in [-0.2, -0.15) is 26.3 Å². The van der Waals surface area contributed by atoms with Gasteiger partial charge in [0, 0.05) is 32.6 Å². The summed E-state index contributed by atoms with van der Waals surface area (Å²) in [4.78, 5) is 34.8. The number of nitrogens with zero attached hydrogens (tertiary/aromatic N) is 4. The Bertz CT molecular complexity index is 1530. The summed E-state index contributed by atoms with van der Waals surface area (Å²) in [5, 5.41) is 0. The molecule has 13 heteroatoms. The van der Waals surface area contributed by atoms with Crippen molar-refractivity contribution in [3.8, 4) is 11.1 Å². The van der Waals surface area contributed by atoms with Gasteiger partial charge in [-0.05, 0) is 73.9 Å². The lowest BCUT2D eigenvalue weighted by Crippen LogP contribution is -2.42. The minimum Gasteiger partial charge on any atom is -0.337 e. The molecule has 0 radical (unpaired) electrons. The number of carbonyl (C=O) groups is 2. The minimum absolute atomic E-state index is 0.0113. The molecule has 0 aliphatic carbocycles. The molecular weight excluding hydrogens is 581 g/mol. The summed E-state index contributed by atoms with van der Waals surface area (Å²) in [7, 11) is 1.34. The van der Waals surface area contributed by atoms with E-state index in [2.05, 4.69) is 4.98 Å². The van der Waals surface area contributed by atoms with Crippen LogP contribution in [0.25, 0.3) is 11.1 Å². The molecule has 1 saturated heterocycles. The summed E-state index contributed by atoms with van der Waals surface area (Å²) in [6.07, 6.45) is -8.80. The summed E-state index contributed by atoms with van der Waals surface area (Å²) in [5.41, 5.74) is -3.72. The predicted octanol–water partition coefficient (Wildman–Crippen LogP) is 6.80. The normalized spacial score (nSPS) is 14.3. The second-order valence-corrected chi connectivity index (χ2v) is 11.0. The zero-order valence-corrected chi connectivity index (χ0v) is 24.0. The van der Waals surface area contributed by atoms with Crippen molar-refractivity contribution in [3.05, 3.63) is 76.7 Å². The average molecular weight is 611 g/mol. The molecule has 1 aliphatic rings. The monoisotopic (exact) mass is 610 g/mol. The number of aromatic nitrogens is 1. The number of amides is 2. The molecule has 2 heterocycles. The first-order valence-corrected chi connectivity index (χ1v) is 13.2. The molecule has 43 heavy (non-hydrogen) atoms. The first-order chi connectivity index (χ1) is 19.8. The Labute approximate surface area is 243 Å². The number of aryl methyl sites for hydroxylation is 1. The van der Waals surface area contributed by atoms with E-state index in [1.54, 1.807) is 17.9 Å². The Morgan fingerprint density at radius 2 is 1.44 bits per heavy atom. The zero-order valence-electron chi connectivity index (χ0n) is 24.0. The van der Waals surface area contributed by atoms with Crippen LogP contribution in [0.5, 0.6) is 0 Å². The maximum Gasteiger partial charge on any atom is 0.416 e. The molecular formula is C30H29F7N4O2. The molecule has 0 bridgehead atoms. The van der Waals surface area contributed by atoms with Gasteiger partial charge >= 0.3 is 12.4 Å². The number of likely N-dealkylation sites (N-methyl/N-ethyl adjacent to an activating group) is 1. The third kappa shape index (κ3) is 6.45. The van der Waals surface area contributed by atoms with Gasteiger partial charge in [-0.15, -0.1) is 0 Å². The van der Waals surface area contributed by atoms with Gasteiger partial charge in [0.05, 0.1) is 35.1 Å². The standard InChI is InChI=1S/C30H29F7N4O2/c1-17-10-22(31)6-7-23(17)24-14-26(41-9-8-40(16-41)18(2)42)38-15-25(24)39(5)27(43)28(3,4)19-11-20(29(32,33)34)13-21(12-19)30(35,36)37/h6-7,10-15H,8-9,16H2,1-5H3. The predicted molar refractivity (Wildman–Crippen MR) is 147 cm³/mol. The highest BCUT2D eigenvalue weighted by molar-refractivity contribution is 6.03. The quantitative estimate of drug-likeness (QED) is 0.298. The van der Waals surface area contributed by atoms with Gasteiger partial charge in [-0.3, -0.25) is 9.59 Å². The van der Waals surface area contributed by atoms with Crippen LogP contribution in [0, 0.1) is 12.7 Å². The number of rotatable bonds is 5. The highest BCUT2D eigenvalue weighted by Gasteiger charge is 2.41. The van der Waals surface area contributed by atoms with E-state index < -0.39 is 46.2 Å². The summed E-state index contributed by atoms with van der Waals surface area (Å²) in [6, 6.07) is 6.78. The van der Waals surface area contributed by atoms with E-state index in [1.807, 2.05) is 4.90 Å². The fourth-order valence-electron chi connectivity index (χ4n) is 5.02. The molecule has 1 aromatic heterocycles. The lowest BCUT2D eigenvalue weighted by atomic mass is 9.81. The van der Waals surface area contributed by atoms with Crippen LogP contribution < -0.4 is 9.80 Å². The van der Waals surface area contributed by atoms with Crippen molar-refractivity contribution in [1.82, 2.24) is 9.88 Å². The summed E-state index contributed by atoms with van der Waals surface area (Å²) < 4.78 is 95.4. The molecule has 6 nitrogen and oxygen atoms in total. The number of alkyl halides is 6. The van der Waals surface area contributed by atoms with E-state index >= 15 is 0 Å². The van der Waals surface area contributed by atoms with Crippen LogP contribution in [0.1, 0.15) is 43.0 Å². The SMILES string of the molecule is CC(=O)N1CCN(c2cc(-c3ccc(F)cc3C)c(N(C)C(=O)C(C)(C)c3cc(C(F)(F)F)cc(C(F)(F)F)c3)cn2)C1. The van der Waals surface area contributed by atoms with E-state index in [0.29, 0.717) is 47.7 Å². The number of halogens is 7. The van der Waals surface area contributed by atoms with E-state index in [9.17, 15) is 40.3 Å². The van der Waals surface area contributed by atoms with E-state index in [-0.39, 0.29) is 24.3 Å². The van der Waals surface area contributed by atoms with E-state index in [4.69, 9.17) is 0 Å². The van der Waals surface area contributed by atoms with Crippen LogP contribution >= 0.6 is 0 Å². The molecule has 3 aromatic rings. The van der Waals surface area contributed by atoms with Crippen LogP contribution in [0.4, 0.5) is 42.2 Å². The van der Waals surface area contributed by atoms with Crippen molar-refractivity contribution in [2.75, 3.05) is 36.6 Å². The fourth-order valence-corrected chi connectivity index (χ4v) is 5.02. The van der Waals surface area contributed by atoms with Crippen LogP contribution in [0.3, 0.4) is 0 Å². The zero-order chi connectivity index (χ0) is 32.1. The molecule has 0 spiro atoms. The molecule has 4 rings (SSSR count). The second-order valence-electron chi connectivity index (χ2n) is 11.0. The molecule has 0 saturated carbocycles. The Morgan fingerprint density at radius 3 is 1.95 bits per heavy atom. The van der Waals surface area contributed by atoms with Gasteiger partial charge in [0.1, 0.15) is 11.6 Å². The first kappa shape index (κ1) is 31.8. The Morgan fingerprint density at radius 1 is 0.860 bits per heavy atom.